The molecule has 0 saturated heterocycles. The third kappa shape index (κ3) is 3.73. The quantitative estimate of drug-likeness (QED) is 0.867. The summed E-state index contributed by atoms with van der Waals surface area (Å²) < 4.78 is 4.68. The lowest BCUT2D eigenvalue weighted by molar-refractivity contribution is 0.0601. The van der Waals surface area contributed by atoms with Crippen LogP contribution in [0.15, 0.2) is 36.5 Å². The smallest absolute Gasteiger partial charge is 0.337 e. The molecule has 1 aromatic carbocycles. The monoisotopic (exact) mass is 304 g/mol. The number of methoxy groups -OCH3 is 1. The number of carbonyl (C=O) groups excluding carboxylic acids is 1. The van der Waals surface area contributed by atoms with Crippen LogP contribution in [-0.2, 0) is 4.74 Å². The molecule has 0 radical (unpaired) electrons. The lowest BCUT2D eigenvalue weighted by Gasteiger charge is -2.12. The van der Waals surface area contributed by atoms with Crippen LogP contribution in [0.2, 0.25) is 5.02 Å². The van der Waals surface area contributed by atoms with Gasteiger partial charge in [-0.2, -0.15) is 0 Å². The largest absolute Gasteiger partial charge is 0.465 e. The Hall–Kier alpha value is -2.07. The summed E-state index contributed by atoms with van der Waals surface area (Å²) in [6.07, 6.45) is 1.62. The highest BCUT2D eigenvalue weighted by molar-refractivity contribution is 6.33. The third-order valence-electron chi connectivity index (χ3n) is 2.91. The molecule has 1 N–H and O–H groups in total. The van der Waals surface area contributed by atoms with Gasteiger partial charge in [0.15, 0.2) is 0 Å². The second-order valence-electron chi connectivity index (χ2n) is 4.92. The number of ether oxygens (including phenoxy) is 1. The molecule has 21 heavy (non-hydrogen) atoms. The van der Waals surface area contributed by atoms with Gasteiger partial charge in [-0.05, 0) is 37.6 Å². The average molecular weight is 305 g/mol. The number of esters is 1. The summed E-state index contributed by atoms with van der Waals surface area (Å²) in [5.74, 6) is 0.408. The number of pyridine rings is 1. The predicted octanol–water partition coefficient (Wildman–Crippen LogP) is 4.01. The number of aromatic nitrogens is 1. The number of carbonyl (C=O) groups is 1. The highest BCUT2D eigenvalue weighted by Gasteiger charge is 2.09. The van der Waals surface area contributed by atoms with Gasteiger partial charge in [-0.25, -0.2) is 9.78 Å². The molecule has 0 unspecified atom stereocenters. The summed E-state index contributed by atoms with van der Waals surface area (Å²) in [6.45, 7) is 4.09. The molecule has 0 atom stereocenters. The zero-order valence-electron chi connectivity index (χ0n) is 12.2. The molecular weight excluding hydrogens is 288 g/mol. The van der Waals surface area contributed by atoms with E-state index in [1.54, 1.807) is 18.3 Å². The summed E-state index contributed by atoms with van der Waals surface area (Å²) in [4.78, 5) is 15.7. The zero-order valence-corrected chi connectivity index (χ0v) is 12.9. The molecule has 0 spiro atoms. The normalized spacial score (nSPS) is 10.5. The average Bonchev–Trinajstić information content (AvgIpc) is 2.48. The number of benzene rings is 1. The Morgan fingerprint density at radius 3 is 2.52 bits per heavy atom. The van der Waals surface area contributed by atoms with Crippen molar-refractivity contribution in [1.82, 2.24) is 4.98 Å². The number of nitrogens with one attached hydrogen (secondary N) is 1. The lowest BCUT2D eigenvalue weighted by atomic mass is 10.0. The third-order valence-corrected chi connectivity index (χ3v) is 3.21. The van der Waals surface area contributed by atoms with Gasteiger partial charge in [0, 0.05) is 17.8 Å². The van der Waals surface area contributed by atoms with Gasteiger partial charge in [-0.1, -0.05) is 23.7 Å². The lowest BCUT2D eigenvalue weighted by Crippen LogP contribution is -2.10. The van der Waals surface area contributed by atoms with E-state index in [9.17, 15) is 4.79 Å². The Balaban J connectivity index is 2.34. The van der Waals surface area contributed by atoms with Crippen LogP contribution < -0.4 is 5.32 Å². The molecule has 0 saturated carbocycles. The number of rotatable bonds is 4. The van der Waals surface area contributed by atoms with Gasteiger partial charge in [0.2, 0.25) is 0 Å². The van der Waals surface area contributed by atoms with Gasteiger partial charge in [-0.3, -0.25) is 0 Å². The van der Waals surface area contributed by atoms with E-state index in [1.807, 2.05) is 32.0 Å². The van der Waals surface area contributed by atoms with Crippen LogP contribution in [0.3, 0.4) is 0 Å². The summed E-state index contributed by atoms with van der Waals surface area (Å²) in [5, 5.41) is 3.80. The molecule has 5 heteroatoms. The maximum Gasteiger partial charge on any atom is 0.337 e. The fraction of sp³-hybridized carbons (Fsp3) is 0.250. The minimum atomic E-state index is -0.357. The van der Waals surface area contributed by atoms with Crippen molar-refractivity contribution >= 4 is 23.4 Å². The predicted molar refractivity (Wildman–Crippen MR) is 84.8 cm³/mol. The van der Waals surface area contributed by atoms with E-state index in [1.165, 1.54) is 7.11 Å². The molecule has 1 aromatic heterocycles. The van der Waals surface area contributed by atoms with Gasteiger partial charge < -0.3 is 10.1 Å². The molecule has 2 aromatic rings. The van der Waals surface area contributed by atoms with E-state index in [2.05, 4.69) is 15.0 Å². The summed E-state index contributed by atoms with van der Waals surface area (Å²) in [6, 6.07) is 9.29. The number of nitrogens with zero attached hydrogens (tertiary/aromatic N) is 1. The van der Waals surface area contributed by atoms with Crippen LogP contribution in [0, 0.1) is 0 Å². The van der Waals surface area contributed by atoms with Gasteiger partial charge in [0.25, 0.3) is 0 Å². The van der Waals surface area contributed by atoms with Crippen LogP contribution in [0.4, 0.5) is 5.82 Å². The van der Waals surface area contributed by atoms with Crippen molar-refractivity contribution in [2.75, 3.05) is 12.4 Å². The van der Waals surface area contributed by atoms with Crippen LogP contribution in [0.25, 0.3) is 11.1 Å². The van der Waals surface area contributed by atoms with E-state index in [-0.39, 0.29) is 12.0 Å². The SMILES string of the molecule is COC(=O)c1ccc(-c2cc(NC(C)C)ncc2Cl)cc1. The Kier molecular flexibility index (Phi) is 4.81. The fourth-order valence-electron chi connectivity index (χ4n) is 1.94. The van der Waals surface area contributed by atoms with E-state index < -0.39 is 0 Å². The minimum Gasteiger partial charge on any atom is -0.465 e. The standard InChI is InChI=1S/C16H17ClN2O2/c1-10(2)19-15-8-13(14(17)9-18-15)11-4-6-12(7-5-11)16(20)21-3/h4-10H,1-3H3,(H,18,19). The Labute approximate surface area is 129 Å². The second kappa shape index (κ2) is 6.59. The van der Waals surface area contributed by atoms with Crippen molar-refractivity contribution in [2.24, 2.45) is 0 Å². The molecule has 0 aliphatic heterocycles. The maximum absolute atomic E-state index is 11.4. The molecule has 0 amide bonds. The fourth-order valence-corrected chi connectivity index (χ4v) is 2.15. The number of anilines is 1. The van der Waals surface area contributed by atoms with Gasteiger partial charge >= 0.3 is 5.97 Å². The van der Waals surface area contributed by atoms with E-state index >= 15 is 0 Å². The van der Waals surface area contributed by atoms with Crippen molar-refractivity contribution in [3.8, 4) is 11.1 Å². The first-order valence-corrected chi connectivity index (χ1v) is 7.00. The Morgan fingerprint density at radius 2 is 1.95 bits per heavy atom. The summed E-state index contributed by atoms with van der Waals surface area (Å²) in [5.41, 5.74) is 2.29. The summed E-state index contributed by atoms with van der Waals surface area (Å²) >= 11 is 6.21. The first-order valence-electron chi connectivity index (χ1n) is 6.62. The minimum absolute atomic E-state index is 0.285. The van der Waals surface area contributed by atoms with Crippen LogP contribution >= 0.6 is 11.6 Å². The molecule has 2 rings (SSSR count). The van der Waals surface area contributed by atoms with Gasteiger partial charge in [-0.15, -0.1) is 0 Å². The maximum atomic E-state index is 11.4. The first-order chi connectivity index (χ1) is 10.0. The van der Waals surface area contributed by atoms with E-state index in [4.69, 9.17) is 11.6 Å². The molecule has 0 aliphatic carbocycles. The number of halogens is 1. The van der Waals surface area contributed by atoms with Crippen molar-refractivity contribution in [3.05, 3.63) is 47.1 Å². The number of hydrogen-bond acceptors (Lipinski definition) is 4. The molecule has 110 valence electrons. The van der Waals surface area contributed by atoms with Crippen molar-refractivity contribution in [2.45, 2.75) is 19.9 Å². The van der Waals surface area contributed by atoms with Crippen molar-refractivity contribution in [3.63, 3.8) is 0 Å². The molecule has 0 fully saturated rings. The van der Waals surface area contributed by atoms with E-state index in [0.29, 0.717) is 10.6 Å². The number of hydrogen-bond donors (Lipinski definition) is 1. The molecule has 0 aliphatic rings. The Morgan fingerprint density at radius 1 is 1.29 bits per heavy atom. The highest BCUT2D eigenvalue weighted by Crippen LogP contribution is 2.29. The molecular formula is C16H17ClN2O2. The van der Waals surface area contributed by atoms with Crippen molar-refractivity contribution < 1.29 is 9.53 Å². The molecule has 1 heterocycles. The Bertz CT molecular complexity index is 639. The second-order valence-corrected chi connectivity index (χ2v) is 5.32. The van der Waals surface area contributed by atoms with Gasteiger partial charge in [0.1, 0.15) is 5.82 Å². The zero-order chi connectivity index (χ0) is 15.4. The van der Waals surface area contributed by atoms with E-state index in [0.717, 1.165) is 16.9 Å². The molecule has 4 nitrogen and oxygen atoms in total. The van der Waals surface area contributed by atoms with Gasteiger partial charge in [0.05, 0.1) is 17.7 Å². The summed E-state index contributed by atoms with van der Waals surface area (Å²) in [7, 11) is 1.36. The van der Waals surface area contributed by atoms with Crippen LogP contribution in [-0.4, -0.2) is 24.1 Å². The highest BCUT2D eigenvalue weighted by atomic mass is 35.5. The molecule has 0 bridgehead atoms. The topological polar surface area (TPSA) is 51.2 Å². The van der Waals surface area contributed by atoms with Crippen molar-refractivity contribution in [1.29, 1.82) is 0 Å². The first kappa shape index (κ1) is 15.3. The van der Waals surface area contributed by atoms with Crippen LogP contribution in [0.1, 0.15) is 24.2 Å². The van der Waals surface area contributed by atoms with Crippen LogP contribution in [0.5, 0.6) is 0 Å².